The predicted octanol–water partition coefficient (Wildman–Crippen LogP) is 6.36. The first-order valence-corrected chi connectivity index (χ1v) is 10.1. The van der Waals surface area contributed by atoms with Crippen LogP contribution in [-0.4, -0.2) is 18.5 Å². The highest BCUT2D eigenvalue weighted by atomic mass is 35.5. The normalized spacial score (nSPS) is 10.6. The average Bonchev–Trinajstić information content (AvgIpc) is 2.61. The number of para-hydroxylation sites is 1. The van der Waals surface area contributed by atoms with Crippen molar-refractivity contribution in [2.24, 2.45) is 0 Å². The van der Waals surface area contributed by atoms with E-state index >= 15 is 0 Å². The summed E-state index contributed by atoms with van der Waals surface area (Å²) in [7, 11) is 0. The third-order valence-electron chi connectivity index (χ3n) is 3.91. The number of benzene rings is 1. The smallest absolute Gasteiger partial charge is 0.311 e. The van der Waals surface area contributed by atoms with Crippen LogP contribution < -0.4 is 4.74 Å². The summed E-state index contributed by atoms with van der Waals surface area (Å²) in [5, 5.41) is 0.665. The number of esters is 2. The zero-order valence-corrected chi connectivity index (χ0v) is 16.9. The SMILES string of the molecule is CCCCOC(=O)CCCCCCCCC(=O)Oc1c(Cl)cccc1Cl. The monoisotopic (exact) mass is 402 g/mol. The molecule has 0 aliphatic carbocycles. The van der Waals surface area contributed by atoms with Gasteiger partial charge < -0.3 is 9.47 Å². The molecule has 0 radical (unpaired) electrons. The van der Waals surface area contributed by atoms with E-state index in [0.717, 1.165) is 51.4 Å². The average molecular weight is 403 g/mol. The number of carbonyl (C=O) groups is 2. The summed E-state index contributed by atoms with van der Waals surface area (Å²) >= 11 is 11.9. The Labute approximate surface area is 166 Å². The van der Waals surface area contributed by atoms with E-state index in [9.17, 15) is 9.59 Å². The van der Waals surface area contributed by atoms with Crippen molar-refractivity contribution in [1.82, 2.24) is 0 Å². The first-order chi connectivity index (χ1) is 12.5. The van der Waals surface area contributed by atoms with Crippen LogP contribution in [-0.2, 0) is 14.3 Å². The lowest BCUT2D eigenvalue weighted by Gasteiger charge is -2.08. The van der Waals surface area contributed by atoms with Gasteiger partial charge in [0.25, 0.3) is 0 Å². The van der Waals surface area contributed by atoms with Crippen molar-refractivity contribution in [2.45, 2.75) is 71.1 Å². The highest BCUT2D eigenvalue weighted by Crippen LogP contribution is 2.32. The fourth-order valence-corrected chi connectivity index (χ4v) is 2.87. The number of ether oxygens (including phenoxy) is 2. The Bertz CT molecular complexity index is 540. The van der Waals surface area contributed by atoms with Crippen LogP contribution in [0.25, 0.3) is 0 Å². The minimum Gasteiger partial charge on any atom is -0.466 e. The first-order valence-electron chi connectivity index (χ1n) is 9.35. The zero-order valence-electron chi connectivity index (χ0n) is 15.4. The summed E-state index contributed by atoms with van der Waals surface area (Å²) in [6.45, 7) is 2.60. The van der Waals surface area contributed by atoms with E-state index in [1.807, 2.05) is 0 Å². The van der Waals surface area contributed by atoms with Gasteiger partial charge in [-0.05, 0) is 31.4 Å². The van der Waals surface area contributed by atoms with Crippen LogP contribution in [0.4, 0.5) is 0 Å². The maximum absolute atomic E-state index is 11.8. The Balaban J connectivity index is 2.02. The molecule has 146 valence electrons. The number of halogens is 2. The summed E-state index contributed by atoms with van der Waals surface area (Å²) in [6.07, 6.45) is 8.45. The van der Waals surface area contributed by atoms with Gasteiger partial charge in [-0.1, -0.05) is 68.3 Å². The molecule has 1 rings (SSSR count). The summed E-state index contributed by atoms with van der Waals surface area (Å²) < 4.78 is 10.3. The quantitative estimate of drug-likeness (QED) is 0.218. The maximum atomic E-state index is 11.8. The Kier molecular flexibility index (Phi) is 12.2. The fraction of sp³-hybridized carbons (Fsp3) is 0.600. The molecule has 0 heterocycles. The molecule has 1 aromatic carbocycles. The number of hydrogen-bond donors (Lipinski definition) is 0. The standard InChI is InChI=1S/C20H28Cl2O4/c1-2-3-15-25-18(23)13-8-6-4-5-7-9-14-19(24)26-20-16(21)11-10-12-17(20)22/h10-12H,2-9,13-15H2,1H3. The molecule has 4 nitrogen and oxygen atoms in total. The highest BCUT2D eigenvalue weighted by molar-refractivity contribution is 6.37. The van der Waals surface area contributed by atoms with Gasteiger partial charge in [0, 0.05) is 12.8 Å². The van der Waals surface area contributed by atoms with Crippen molar-refractivity contribution in [3.63, 3.8) is 0 Å². The minimum atomic E-state index is -0.324. The number of carbonyl (C=O) groups excluding carboxylic acids is 2. The van der Waals surface area contributed by atoms with Crippen LogP contribution in [0.15, 0.2) is 18.2 Å². The van der Waals surface area contributed by atoms with Gasteiger partial charge in [-0.15, -0.1) is 0 Å². The van der Waals surface area contributed by atoms with E-state index in [2.05, 4.69) is 6.92 Å². The van der Waals surface area contributed by atoms with Crippen molar-refractivity contribution >= 4 is 35.1 Å². The third kappa shape index (κ3) is 10.0. The maximum Gasteiger partial charge on any atom is 0.311 e. The topological polar surface area (TPSA) is 52.6 Å². The lowest BCUT2D eigenvalue weighted by atomic mass is 10.1. The van der Waals surface area contributed by atoms with Crippen molar-refractivity contribution in [3.8, 4) is 5.75 Å². The van der Waals surface area contributed by atoms with Gasteiger partial charge in [-0.3, -0.25) is 9.59 Å². The number of hydrogen-bond acceptors (Lipinski definition) is 4. The summed E-state index contributed by atoms with van der Waals surface area (Å²) in [5.41, 5.74) is 0. The van der Waals surface area contributed by atoms with E-state index in [4.69, 9.17) is 32.7 Å². The second-order valence-electron chi connectivity index (χ2n) is 6.22. The number of unbranched alkanes of at least 4 members (excludes halogenated alkanes) is 6. The third-order valence-corrected chi connectivity index (χ3v) is 4.50. The Morgan fingerprint density at radius 3 is 1.96 bits per heavy atom. The van der Waals surface area contributed by atoms with Gasteiger partial charge >= 0.3 is 11.9 Å². The molecule has 0 aliphatic heterocycles. The molecule has 0 amide bonds. The molecule has 0 spiro atoms. The molecule has 6 heteroatoms. The van der Waals surface area contributed by atoms with Crippen LogP contribution in [0.3, 0.4) is 0 Å². The highest BCUT2D eigenvalue weighted by Gasteiger charge is 2.11. The Hall–Kier alpha value is -1.26. The van der Waals surface area contributed by atoms with Crippen molar-refractivity contribution < 1.29 is 19.1 Å². The van der Waals surface area contributed by atoms with Crippen LogP contribution in [0.5, 0.6) is 5.75 Å². The van der Waals surface area contributed by atoms with Crippen molar-refractivity contribution in [1.29, 1.82) is 0 Å². The van der Waals surface area contributed by atoms with E-state index in [1.165, 1.54) is 0 Å². The lowest BCUT2D eigenvalue weighted by molar-refractivity contribution is -0.144. The molecular formula is C20H28Cl2O4. The largest absolute Gasteiger partial charge is 0.466 e. The lowest BCUT2D eigenvalue weighted by Crippen LogP contribution is -2.08. The molecular weight excluding hydrogens is 375 g/mol. The molecule has 0 aromatic heterocycles. The first kappa shape index (κ1) is 22.8. The summed E-state index contributed by atoms with van der Waals surface area (Å²) in [6, 6.07) is 4.97. The predicted molar refractivity (Wildman–Crippen MR) is 105 cm³/mol. The van der Waals surface area contributed by atoms with E-state index in [0.29, 0.717) is 29.5 Å². The molecule has 0 bridgehead atoms. The molecule has 0 aliphatic rings. The van der Waals surface area contributed by atoms with Gasteiger partial charge in [0.1, 0.15) is 0 Å². The molecule has 0 unspecified atom stereocenters. The van der Waals surface area contributed by atoms with Gasteiger partial charge in [0.05, 0.1) is 16.7 Å². The zero-order chi connectivity index (χ0) is 19.2. The minimum absolute atomic E-state index is 0.0978. The molecule has 0 N–H and O–H groups in total. The Morgan fingerprint density at radius 2 is 1.38 bits per heavy atom. The van der Waals surface area contributed by atoms with Gasteiger partial charge in [-0.2, -0.15) is 0 Å². The summed E-state index contributed by atoms with van der Waals surface area (Å²) in [5.74, 6) is -0.194. The van der Waals surface area contributed by atoms with Crippen LogP contribution in [0, 0.1) is 0 Å². The molecule has 0 saturated carbocycles. The molecule has 26 heavy (non-hydrogen) atoms. The van der Waals surface area contributed by atoms with E-state index < -0.39 is 0 Å². The Morgan fingerprint density at radius 1 is 0.846 bits per heavy atom. The molecule has 0 saturated heterocycles. The number of rotatable bonds is 13. The fourth-order valence-electron chi connectivity index (χ4n) is 2.39. The van der Waals surface area contributed by atoms with E-state index in [-0.39, 0.29) is 17.7 Å². The summed E-state index contributed by atoms with van der Waals surface area (Å²) in [4.78, 5) is 23.3. The van der Waals surface area contributed by atoms with Crippen molar-refractivity contribution in [3.05, 3.63) is 28.2 Å². The van der Waals surface area contributed by atoms with Crippen LogP contribution >= 0.6 is 23.2 Å². The van der Waals surface area contributed by atoms with Gasteiger partial charge in [-0.25, -0.2) is 0 Å². The molecule has 0 atom stereocenters. The van der Waals surface area contributed by atoms with E-state index in [1.54, 1.807) is 18.2 Å². The second kappa shape index (κ2) is 13.9. The van der Waals surface area contributed by atoms with Crippen LogP contribution in [0.2, 0.25) is 10.0 Å². The second-order valence-corrected chi connectivity index (χ2v) is 7.03. The van der Waals surface area contributed by atoms with Crippen molar-refractivity contribution in [2.75, 3.05) is 6.61 Å². The molecule has 1 aromatic rings. The van der Waals surface area contributed by atoms with Gasteiger partial charge in [0.15, 0.2) is 5.75 Å². The van der Waals surface area contributed by atoms with Crippen LogP contribution in [0.1, 0.15) is 71.1 Å². The van der Waals surface area contributed by atoms with Gasteiger partial charge in [0.2, 0.25) is 0 Å². The molecule has 0 fully saturated rings.